The van der Waals surface area contributed by atoms with E-state index in [0.717, 1.165) is 11.1 Å². The molecule has 0 unspecified atom stereocenters. The van der Waals surface area contributed by atoms with Gasteiger partial charge in [-0.3, -0.25) is 14.3 Å². The minimum Gasteiger partial charge on any atom is -0.394 e. The molecule has 0 saturated carbocycles. The lowest BCUT2D eigenvalue weighted by Gasteiger charge is -2.15. The molecule has 0 amide bonds. The molecule has 0 spiro atoms. The Morgan fingerprint density at radius 3 is 2.44 bits per heavy atom. The molecule has 4 atom stereocenters. The summed E-state index contributed by atoms with van der Waals surface area (Å²) in [6, 6.07) is 7.58. The monoisotopic (exact) mass is 348 g/mol. The third-order valence-corrected chi connectivity index (χ3v) is 4.36. The smallest absolute Gasteiger partial charge is 0.328 e. The van der Waals surface area contributed by atoms with Crippen molar-refractivity contribution in [3.05, 3.63) is 68.0 Å². The van der Waals surface area contributed by atoms with Crippen LogP contribution >= 0.6 is 0 Å². The number of aliphatic hydroxyl groups is 3. The quantitative estimate of drug-likeness (QED) is 0.564. The molecule has 8 heteroatoms. The Kier molecular flexibility index (Phi) is 4.87. The zero-order valence-electron chi connectivity index (χ0n) is 13.6. The number of nitrogens with one attached hydrogen (secondary N) is 1. The summed E-state index contributed by atoms with van der Waals surface area (Å²) in [6.45, 7) is 1.70. The van der Waals surface area contributed by atoms with Gasteiger partial charge in [0.15, 0.2) is 0 Å². The standard InChI is InChI=1S/C17H20N2O6/c1-9-2-4-10(5-3-9)6-19-7-11(16(23)18-17(19)24)15-14(22)13(21)12(8-20)25-15/h2-5,7,12-15,20-22H,6,8H2,1H3,(H,18,23,24)/t12-,13-,14-,15+/m1/s1. The van der Waals surface area contributed by atoms with Crippen molar-refractivity contribution in [1.29, 1.82) is 0 Å². The summed E-state index contributed by atoms with van der Waals surface area (Å²) in [5, 5.41) is 29.1. The summed E-state index contributed by atoms with van der Waals surface area (Å²) in [5.41, 5.74) is 0.701. The Morgan fingerprint density at radius 1 is 1.16 bits per heavy atom. The second-order valence-corrected chi connectivity index (χ2v) is 6.22. The van der Waals surface area contributed by atoms with E-state index in [2.05, 4.69) is 4.98 Å². The molecular formula is C17H20N2O6. The maximum atomic E-state index is 12.1. The number of ether oxygens (including phenoxy) is 1. The number of aryl methyl sites for hydroxylation is 1. The first-order valence-electron chi connectivity index (χ1n) is 7.92. The van der Waals surface area contributed by atoms with Gasteiger partial charge in [-0.05, 0) is 12.5 Å². The predicted molar refractivity (Wildman–Crippen MR) is 88.3 cm³/mol. The van der Waals surface area contributed by atoms with Crippen molar-refractivity contribution in [2.45, 2.75) is 37.9 Å². The Morgan fingerprint density at radius 2 is 1.84 bits per heavy atom. The summed E-state index contributed by atoms with van der Waals surface area (Å²) in [6.07, 6.45) is -3.48. The number of aromatic amines is 1. The molecule has 1 saturated heterocycles. The molecule has 2 heterocycles. The fourth-order valence-corrected chi connectivity index (χ4v) is 2.89. The molecule has 0 bridgehead atoms. The number of benzene rings is 1. The number of aromatic nitrogens is 2. The van der Waals surface area contributed by atoms with Gasteiger partial charge in [-0.1, -0.05) is 29.8 Å². The van der Waals surface area contributed by atoms with Crippen LogP contribution in [0.3, 0.4) is 0 Å². The zero-order valence-corrected chi connectivity index (χ0v) is 13.6. The van der Waals surface area contributed by atoms with Gasteiger partial charge in [-0.25, -0.2) is 4.79 Å². The molecule has 1 fully saturated rings. The summed E-state index contributed by atoms with van der Waals surface area (Å²) in [4.78, 5) is 26.4. The van der Waals surface area contributed by atoms with Crippen LogP contribution in [0.2, 0.25) is 0 Å². The zero-order chi connectivity index (χ0) is 18.1. The van der Waals surface area contributed by atoms with Crippen LogP contribution in [0.25, 0.3) is 0 Å². The van der Waals surface area contributed by atoms with E-state index in [0.29, 0.717) is 0 Å². The van der Waals surface area contributed by atoms with Crippen LogP contribution in [0.15, 0.2) is 40.1 Å². The molecule has 1 aromatic heterocycles. The predicted octanol–water partition coefficient (Wildman–Crippen LogP) is -0.953. The van der Waals surface area contributed by atoms with Gasteiger partial charge in [0.05, 0.1) is 18.7 Å². The second kappa shape index (κ2) is 6.93. The summed E-state index contributed by atoms with van der Waals surface area (Å²) < 4.78 is 6.68. The van der Waals surface area contributed by atoms with Crippen molar-refractivity contribution in [3.8, 4) is 0 Å². The largest absolute Gasteiger partial charge is 0.394 e. The van der Waals surface area contributed by atoms with E-state index in [1.807, 2.05) is 31.2 Å². The molecule has 3 rings (SSSR count). The molecule has 1 aliphatic heterocycles. The highest BCUT2D eigenvalue weighted by molar-refractivity contribution is 5.22. The first-order chi connectivity index (χ1) is 11.9. The topological polar surface area (TPSA) is 125 Å². The van der Waals surface area contributed by atoms with Crippen LogP contribution in [0, 0.1) is 6.92 Å². The number of nitrogens with zero attached hydrogens (tertiary/aromatic N) is 1. The molecule has 2 aromatic rings. The molecule has 25 heavy (non-hydrogen) atoms. The van der Waals surface area contributed by atoms with E-state index < -0.39 is 42.3 Å². The minimum absolute atomic E-state index is 0.0224. The highest BCUT2D eigenvalue weighted by atomic mass is 16.6. The lowest BCUT2D eigenvalue weighted by molar-refractivity contribution is -0.0233. The SMILES string of the molecule is Cc1ccc(Cn2cc([C@@H]3O[C@H](CO)[C@@H](O)[C@H]3O)c(=O)[nH]c2=O)cc1. The van der Waals surface area contributed by atoms with Crippen LogP contribution < -0.4 is 11.2 Å². The van der Waals surface area contributed by atoms with Crippen molar-refractivity contribution >= 4 is 0 Å². The van der Waals surface area contributed by atoms with E-state index >= 15 is 0 Å². The lowest BCUT2D eigenvalue weighted by atomic mass is 10.0. The fraction of sp³-hybridized carbons (Fsp3) is 0.412. The van der Waals surface area contributed by atoms with Crippen LogP contribution in [0.4, 0.5) is 0 Å². The fourth-order valence-electron chi connectivity index (χ4n) is 2.89. The van der Waals surface area contributed by atoms with Crippen LogP contribution in [-0.4, -0.2) is 49.8 Å². The van der Waals surface area contributed by atoms with Crippen LogP contribution in [0.5, 0.6) is 0 Å². The van der Waals surface area contributed by atoms with Gasteiger partial charge < -0.3 is 20.1 Å². The minimum atomic E-state index is -1.37. The average Bonchev–Trinajstić information content (AvgIpc) is 2.87. The first-order valence-corrected chi connectivity index (χ1v) is 7.92. The maximum absolute atomic E-state index is 12.1. The number of hydrogen-bond acceptors (Lipinski definition) is 6. The van der Waals surface area contributed by atoms with Crippen molar-refractivity contribution in [2.75, 3.05) is 6.61 Å². The van der Waals surface area contributed by atoms with Crippen molar-refractivity contribution in [1.82, 2.24) is 9.55 Å². The normalized spacial score (nSPS) is 26.1. The number of aliphatic hydroxyl groups excluding tert-OH is 3. The third-order valence-electron chi connectivity index (χ3n) is 4.36. The molecule has 0 aliphatic carbocycles. The average molecular weight is 348 g/mol. The van der Waals surface area contributed by atoms with E-state index in [1.165, 1.54) is 10.8 Å². The van der Waals surface area contributed by atoms with E-state index in [-0.39, 0.29) is 12.1 Å². The Balaban J connectivity index is 1.95. The molecule has 1 aromatic carbocycles. The lowest BCUT2D eigenvalue weighted by Crippen LogP contribution is -2.36. The number of H-pyrrole nitrogens is 1. The summed E-state index contributed by atoms with van der Waals surface area (Å²) >= 11 is 0. The molecule has 134 valence electrons. The van der Waals surface area contributed by atoms with Gasteiger partial charge in [-0.2, -0.15) is 0 Å². The maximum Gasteiger partial charge on any atom is 0.328 e. The Labute approximate surface area is 143 Å². The van der Waals surface area contributed by atoms with E-state index in [1.54, 1.807) is 0 Å². The van der Waals surface area contributed by atoms with Crippen molar-refractivity contribution in [2.24, 2.45) is 0 Å². The van der Waals surface area contributed by atoms with Crippen molar-refractivity contribution < 1.29 is 20.1 Å². The van der Waals surface area contributed by atoms with E-state index in [9.17, 15) is 19.8 Å². The van der Waals surface area contributed by atoms with Gasteiger partial charge in [0.1, 0.15) is 24.4 Å². The molecule has 1 aliphatic rings. The molecule has 8 nitrogen and oxygen atoms in total. The third kappa shape index (κ3) is 3.42. The number of rotatable bonds is 4. The van der Waals surface area contributed by atoms with Crippen LogP contribution in [-0.2, 0) is 11.3 Å². The molecule has 0 radical (unpaired) electrons. The molecular weight excluding hydrogens is 328 g/mol. The summed E-state index contributed by atoms with van der Waals surface area (Å²) in [5.74, 6) is 0. The Bertz CT molecular complexity index is 857. The Hall–Kier alpha value is -2.26. The van der Waals surface area contributed by atoms with Gasteiger partial charge in [0, 0.05) is 6.20 Å². The van der Waals surface area contributed by atoms with Gasteiger partial charge >= 0.3 is 5.69 Å². The van der Waals surface area contributed by atoms with Gasteiger partial charge in [-0.15, -0.1) is 0 Å². The summed E-state index contributed by atoms with van der Waals surface area (Å²) in [7, 11) is 0. The number of hydrogen-bond donors (Lipinski definition) is 4. The molecule has 4 N–H and O–H groups in total. The van der Waals surface area contributed by atoms with Gasteiger partial charge in [0.2, 0.25) is 0 Å². The highest BCUT2D eigenvalue weighted by Crippen LogP contribution is 2.31. The highest BCUT2D eigenvalue weighted by Gasteiger charge is 2.44. The first kappa shape index (κ1) is 17.6. The van der Waals surface area contributed by atoms with Gasteiger partial charge in [0.25, 0.3) is 5.56 Å². The second-order valence-electron chi connectivity index (χ2n) is 6.22. The van der Waals surface area contributed by atoms with Crippen LogP contribution in [0.1, 0.15) is 22.8 Å². The van der Waals surface area contributed by atoms with Crippen molar-refractivity contribution in [3.63, 3.8) is 0 Å². The van der Waals surface area contributed by atoms with E-state index in [4.69, 9.17) is 9.84 Å².